The minimum Gasteiger partial charge on any atom is -0.370 e. The van der Waals surface area contributed by atoms with Gasteiger partial charge in [0, 0.05) is 12.5 Å². The first-order valence-electron chi connectivity index (χ1n) is 6.72. The summed E-state index contributed by atoms with van der Waals surface area (Å²) in [5.74, 6) is 1.01. The summed E-state index contributed by atoms with van der Waals surface area (Å²) in [6.45, 7) is 7.08. The molecule has 1 amide bonds. The minimum absolute atomic E-state index is 0.0797. The number of rotatable bonds is 7. The zero-order valence-corrected chi connectivity index (χ0v) is 11.5. The van der Waals surface area contributed by atoms with Crippen molar-refractivity contribution in [3.63, 3.8) is 0 Å². The minimum atomic E-state index is 0.0797. The number of hydrogen-bond acceptors (Lipinski definition) is 3. The van der Waals surface area contributed by atoms with Crippen LogP contribution < -0.4 is 10.6 Å². The van der Waals surface area contributed by atoms with Crippen molar-refractivity contribution < 1.29 is 4.79 Å². The molecule has 0 aliphatic heterocycles. The molecule has 1 aromatic heterocycles. The molecule has 0 aliphatic rings. The zero-order chi connectivity index (χ0) is 13.4. The fourth-order valence-corrected chi connectivity index (χ4v) is 1.73. The summed E-state index contributed by atoms with van der Waals surface area (Å²) in [4.78, 5) is 16.1. The van der Waals surface area contributed by atoms with E-state index in [2.05, 4.69) is 22.5 Å². The summed E-state index contributed by atoms with van der Waals surface area (Å²) in [5.41, 5.74) is 0.758. The fourth-order valence-electron chi connectivity index (χ4n) is 1.73. The Bertz CT molecular complexity index is 358. The van der Waals surface area contributed by atoms with Crippen LogP contribution in [-0.4, -0.2) is 17.4 Å². The van der Waals surface area contributed by atoms with Crippen molar-refractivity contribution in [2.24, 2.45) is 5.92 Å². The molecule has 0 saturated carbocycles. The number of aromatic nitrogens is 1. The Balaban J connectivity index is 2.55. The van der Waals surface area contributed by atoms with Crippen LogP contribution >= 0.6 is 0 Å². The third-order valence-electron chi connectivity index (χ3n) is 2.94. The fraction of sp³-hybridized carbons (Fsp3) is 0.571. The van der Waals surface area contributed by atoms with E-state index in [9.17, 15) is 4.79 Å². The van der Waals surface area contributed by atoms with E-state index in [-0.39, 0.29) is 11.8 Å². The van der Waals surface area contributed by atoms with E-state index in [1.54, 1.807) is 6.20 Å². The molecule has 18 heavy (non-hydrogen) atoms. The van der Waals surface area contributed by atoms with Gasteiger partial charge in [-0.2, -0.15) is 0 Å². The van der Waals surface area contributed by atoms with Gasteiger partial charge in [-0.3, -0.25) is 4.79 Å². The number of pyridine rings is 1. The van der Waals surface area contributed by atoms with Gasteiger partial charge in [0.05, 0.1) is 11.9 Å². The number of carbonyl (C=O) groups is 1. The topological polar surface area (TPSA) is 54.0 Å². The van der Waals surface area contributed by atoms with Crippen LogP contribution in [0.3, 0.4) is 0 Å². The average Bonchev–Trinajstić information content (AvgIpc) is 2.39. The van der Waals surface area contributed by atoms with Gasteiger partial charge in [0.1, 0.15) is 5.82 Å². The SMILES string of the molecule is CCCNc1ccc(NC(=O)C(CC)CC)cn1. The quantitative estimate of drug-likeness (QED) is 0.779. The Labute approximate surface area is 109 Å². The second-order valence-corrected chi connectivity index (χ2v) is 4.36. The first-order valence-corrected chi connectivity index (χ1v) is 6.72. The summed E-state index contributed by atoms with van der Waals surface area (Å²) in [6, 6.07) is 3.77. The molecule has 0 atom stereocenters. The number of amides is 1. The third kappa shape index (κ3) is 4.35. The van der Waals surface area contributed by atoms with E-state index in [1.807, 2.05) is 26.0 Å². The van der Waals surface area contributed by atoms with E-state index in [0.29, 0.717) is 0 Å². The summed E-state index contributed by atoms with van der Waals surface area (Å²) in [6.07, 6.45) is 4.49. The van der Waals surface area contributed by atoms with Crippen molar-refractivity contribution >= 4 is 17.4 Å². The largest absolute Gasteiger partial charge is 0.370 e. The van der Waals surface area contributed by atoms with Crippen molar-refractivity contribution in [2.75, 3.05) is 17.2 Å². The first-order chi connectivity index (χ1) is 8.71. The highest BCUT2D eigenvalue weighted by atomic mass is 16.1. The molecule has 4 heteroatoms. The number of nitrogens with zero attached hydrogens (tertiary/aromatic N) is 1. The van der Waals surface area contributed by atoms with Crippen molar-refractivity contribution in [1.82, 2.24) is 4.98 Å². The van der Waals surface area contributed by atoms with Crippen molar-refractivity contribution in [1.29, 1.82) is 0 Å². The van der Waals surface area contributed by atoms with Gasteiger partial charge in [-0.05, 0) is 31.4 Å². The normalized spacial score (nSPS) is 10.4. The van der Waals surface area contributed by atoms with Gasteiger partial charge in [0.25, 0.3) is 0 Å². The second-order valence-electron chi connectivity index (χ2n) is 4.36. The van der Waals surface area contributed by atoms with Crippen LogP contribution in [0.1, 0.15) is 40.0 Å². The number of nitrogens with one attached hydrogen (secondary N) is 2. The van der Waals surface area contributed by atoms with Crippen molar-refractivity contribution in [3.8, 4) is 0 Å². The van der Waals surface area contributed by atoms with Gasteiger partial charge in [-0.1, -0.05) is 20.8 Å². The first kappa shape index (κ1) is 14.5. The van der Waals surface area contributed by atoms with Gasteiger partial charge in [0.15, 0.2) is 0 Å². The summed E-state index contributed by atoms with van der Waals surface area (Å²) >= 11 is 0. The molecule has 1 heterocycles. The van der Waals surface area contributed by atoms with Crippen LogP contribution in [0.5, 0.6) is 0 Å². The van der Waals surface area contributed by atoms with Gasteiger partial charge >= 0.3 is 0 Å². The predicted octanol–water partition coefficient (Wildman–Crippen LogP) is 3.28. The number of anilines is 2. The highest BCUT2D eigenvalue weighted by molar-refractivity contribution is 5.92. The molecule has 1 aromatic rings. The lowest BCUT2D eigenvalue weighted by molar-refractivity contribution is -0.120. The standard InChI is InChI=1S/C14H23N3O/c1-4-9-15-13-8-7-12(10-16-13)17-14(18)11(5-2)6-3/h7-8,10-11H,4-6,9H2,1-3H3,(H,15,16)(H,17,18). The van der Waals surface area contributed by atoms with Gasteiger partial charge in [0.2, 0.25) is 5.91 Å². The molecule has 4 nitrogen and oxygen atoms in total. The highest BCUT2D eigenvalue weighted by Crippen LogP contribution is 2.14. The van der Waals surface area contributed by atoms with E-state index < -0.39 is 0 Å². The zero-order valence-electron chi connectivity index (χ0n) is 11.5. The molecule has 100 valence electrons. The lowest BCUT2D eigenvalue weighted by atomic mass is 10.0. The maximum atomic E-state index is 11.9. The van der Waals surface area contributed by atoms with Crippen LogP contribution in [0.2, 0.25) is 0 Å². The second kappa shape index (κ2) is 7.69. The van der Waals surface area contributed by atoms with E-state index >= 15 is 0 Å². The van der Waals surface area contributed by atoms with Crippen LogP contribution in [-0.2, 0) is 4.79 Å². The lowest BCUT2D eigenvalue weighted by Gasteiger charge is -2.12. The molecule has 0 bridgehead atoms. The van der Waals surface area contributed by atoms with E-state index in [1.165, 1.54) is 0 Å². The van der Waals surface area contributed by atoms with E-state index in [4.69, 9.17) is 0 Å². The smallest absolute Gasteiger partial charge is 0.227 e. The Hall–Kier alpha value is -1.58. The van der Waals surface area contributed by atoms with Crippen LogP contribution in [0.4, 0.5) is 11.5 Å². The van der Waals surface area contributed by atoms with Crippen LogP contribution in [0, 0.1) is 5.92 Å². The molecule has 0 aromatic carbocycles. The summed E-state index contributed by atoms with van der Waals surface area (Å²) < 4.78 is 0. The Morgan fingerprint density at radius 1 is 1.28 bits per heavy atom. The maximum Gasteiger partial charge on any atom is 0.227 e. The molecule has 2 N–H and O–H groups in total. The highest BCUT2D eigenvalue weighted by Gasteiger charge is 2.13. The number of carbonyl (C=O) groups excluding carboxylic acids is 1. The molecule has 0 spiro atoms. The molecule has 1 rings (SSSR count). The summed E-state index contributed by atoms with van der Waals surface area (Å²) in [7, 11) is 0. The molecule has 0 radical (unpaired) electrons. The van der Waals surface area contributed by atoms with Crippen LogP contribution in [0.15, 0.2) is 18.3 Å². The van der Waals surface area contributed by atoms with Gasteiger partial charge < -0.3 is 10.6 Å². The predicted molar refractivity (Wildman–Crippen MR) is 75.7 cm³/mol. The Morgan fingerprint density at radius 2 is 2.00 bits per heavy atom. The molecule has 0 fully saturated rings. The Morgan fingerprint density at radius 3 is 2.50 bits per heavy atom. The molecular formula is C14H23N3O. The molecule has 0 unspecified atom stereocenters. The maximum absolute atomic E-state index is 11.9. The third-order valence-corrected chi connectivity index (χ3v) is 2.94. The monoisotopic (exact) mass is 249 g/mol. The Kier molecular flexibility index (Phi) is 6.19. The number of hydrogen-bond donors (Lipinski definition) is 2. The molecule has 0 saturated heterocycles. The van der Waals surface area contributed by atoms with Crippen molar-refractivity contribution in [3.05, 3.63) is 18.3 Å². The lowest BCUT2D eigenvalue weighted by Crippen LogP contribution is -2.21. The van der Waals surface area contributed by atoms with Gasteiger partial charge in [-0.25, -0.2) is 4.98 Å². The van der Waals surface area contributed by atoms with Crippen LogP contribution in [0.25, 0.3) is 0 Å². The average molecular weight is 249 g/mol. The van der Waals surface area contributed by atoms with Gasteiger partial charge in [-0.15, -0.1) is 0 Å². The molecular weight excluding hydrogens is 226 g/mol. The van der Waals surface area contributed by atoms with Crippen molar-refractivity contribution in [2.45, 2.75) is 40.0 Å². The summed E-state index contributed by atoms with van der Waals surface area (Å²) in [5, 5.41) is 6.09. The molecule has 0 aliphatic carbocycles. The van der Waals surface area contributed by atoms with E-state index in [0.717, 1.165) is 37.3 Å².